The summed E-state index contributed by atoms with van der Waals surface area (Å²) < 4.78 is 4.93. The lowest BCUT2D eigenvalue weighted by molar-refractivity contribution is 0.157. The van der Waals surface area contributed by atoms with Crippen molar-refractivity contribution in [2.45, 2.75) is 19.4 Å². The van der Waals surface area contributed by atoms with Crippen LogP contribution in [0.5, 0.6) is 0 Å². The molecule has 2 N–H and O–H groups in total. The molecular formula is C20H23N3O3. The average Bonchev–Trinajstić information content (AvgIpc) is 3.05. The fourth-order valence-corrected chi connectivity index (χ4v) is 2.86. The second-order valence-electron chi connectivity index (χ2n) is 6.38. The molecule has 1 atom stereocenters. The molecule has 6 nitrogen and oxygen atoms in total. The molecule has 2 aromatic rings. The fourth-order valence-electron chi connectivity index (χ4n) is 2.86. The van der Waals surface area contributed by atoms with Crippen LogP contribution in [0.25, 0.3) is 0 Å². The number of carbonyl (C=O) groups is 2. The summed E-state index contributed by atoms with van der Waals surface area (Å²) in [4.78, 5) is 25.3. The molecule has 26 heavy (non-hydrogen) atoms. The lowest BCUT2D eigenvalue weighted by Crippen LogP contribution is -2.31. The number of anilines is 1. The first-order valence-corrected chi connectivity index (χ1v) is 8.72. The number of ether oxygens (including phenoxy) is 1. The molecule has 0 saturated carbocycles. The van der Waals surface area contributed by atoms with Gasteiger partial charge in [-0.1, -0.05) is 49.4 Å². The van der Waals surface area contributed by atoms with Crippen molar-refractivity contribution >= 4 is 17.8 Å². The van der Waals surface area contributed by atoms with Gasteiger partial charge in [-0.3, -0.25) is 0 Å². The highest BCUT2D eigenvalue weighted by Gasteiger charge is 2.21. The predicted octanol–water partition coefficient (Wildman–Crippen LogP) is 3.56. The van der Waals surface area contributed by atoms with Crippen molar-refractivity contribution in [2.24, 2.45) is 0 Å². The maximum absolute atomic E-state index is 12.1. The van der Waals surface area contributed by atoms with Crippen LogP contribution < -0.4 is 10.6 Å². The van der Waals surface area contributed by atoms with Crippen molar-refractivity contribution in [3.8, 4) is 0 Å². The molecule has 1 aliphatic heterocycles. The SMILES string of the molecule is C[C@H](CNC(=O)Nc1cccc(CN2CCOC2=O)c1)c1ccccc1. The minimum absolute atomic E-state index is 0.231. The number of rotatable bonds is 6. The summed E-state index contributed by atoms with van der Waals surface area (Å²) in [6.45, 7) is 4.12. The standard InChI is InChI=1S/C20H23N3O3/c1-15(17-7-3-2-4-8-17)13-21-19(24)22-18-9-5-6-16(12-18)14-23-10-11-26-20(23)25/h2-9,12,15H,10-11,13-14H2,1H3,(H2,21,22,24)/t15-/m1/s1. The van der Waals surface area contributed by atoms with Crippen LogP contribution in [-0.4, -0.2) is 36.7 Å². The molecule has 3 rings (SSSR count). The van der Waals surface area contributed by atoms with E-state index in [9.17, 15) is 9.59 Å². The normalized spacial score (nSPS) is 14.7. The third-order valence-electron chi connectivity index (χ3n) is 4.34. The van der Waals surface area contributed by atoms with Crippen LogP contribution in [0.15, 0.2) is 54.6 Å². The zero-order valence-electron chi connectivity index (χ0n) is 14.8. The third kappa shape index (κ3) is 4.75. The maximum atomic E-state index is 12.1. The Hall–Kier alpha value is -3.02. The quantitative estimate of drug-likeness (QED) is 0.834. The second-order valence-corrected chi connectivity index (χ2v) is 6.38. The molecule has 1 heterocycles. The van der Waals surface area contributed by atoms with Crippen LogP contribution in [0.2, 0.25) is 0 Å². The van der Waals surface area contributed by atoms with E-state index in [2.05, 4.69) is 29.7 Å². The van der Waals surface area contributed by atoms with Gasteiger partial charge in [-0.15, -0.1) is 0 Å². The van der Waals surface area contributed by atoms with Gasteiger partial charge in [0.25, 0.3) is 0 Å². The Kier molecular flexibility index (Phi) is 5.73. The Bertz CT molecular complexity index is 764. The van der Waals surface area contributed by atoms with E-state index in [4.69, 9.17) is 4.74 Å². The lowest BCUT2D eigenvalue weighted by atomic mass is 10.0. The van der Waals surface area contributed by atoms with E-state index in [1.807, 2.05) is 42.5 Å². The van der Waals surface area contributed by atoms with Crippen LogP contribution in [0.3, 0.4) is 0 Å². The summed E-state index contributed by atoms with van der Waals surface area (Å²) in [6, 6.07) is 17.3. The highest BCUT2D eigenvalue weighted by molar-refractivity contribution is 5.89. The van der Waals surface area contributed by atoms with Crippen molar-refractivity contribution in [3.63, 3.8) is 0 Å². The van der Waals surface area contributed by atoms with Gasteiger partial charge in [-0.2, -0.15) is 0 Å². The minimum Gasteiger partial charge on any atom is -0.448 e. The van der Waals surface area contributed by atoms with Crippen molar-refractivity contribution in [1.82, 2.24) is 10.2 Å². The van der Waals surface area contributed by atoms with E-state index in [1.54, 1.807) is 4.90 Å². The molecule has 0 unspecified atom stereocenters. The molecule has 2 aromatic carbocycles. The van der Waals surface area contributed by atoms with E-state index < -0.39 is 0 Å². The van der Waals surface area contributed by atoms with Crippen LogP contribution in [0, 0.1) is 0 Å². The van der Waals surface area contributed by atoms with Gasteiger partial charge in [0.05, 0.1) is 6.54 Å². The Balaban J connectivity index is 1.51. The van der Waals surface area contributed by atoms with Crippen molar-refractivity contribution in [2.75, 3.05) is 25.0 Å². The number of nitrogens with zero attached hydrogens (tertiary/aromatic N) is 1. The zero-order chi connectivity index (χ0) is 18.4. The topological polar surface area (TPSA) is 70.7 Å². The largest absolute Gasteiger partial charge is 0.448 e. The molecule has 1 saturated heterocycles. The van der Waals surface area contributed by atoms with Crippen molar-refractivity contribution < 1.29 is 14.3 Å². The van der Waals surface area contributed by atoms with Crippen molar-refractivity contribution in [3.05, 3.63) is 65.7 Å². The van der Waals surface area contributed by atoms with Gasteiger partial charge in [0.15, 0.2) is 0 Å². The predicted molar refractivity (Wildman–Crippen MR) is 100 cm³/mol. The monoisotopic (exact) mass is 353 g/mol. The van der Waals surface area contributed by atoms with Gasteiger partial charge in [-0.05, 0) is 29.2 Å². The number of hydrogen-bond donors (Lipinski definition) is 2. The minimum atomic E-state index is -0.295. The van der Waals surface area contributed by atoms with Gasteiger partial charge in [-0.25, -0.2) is 9.59 Å². The molecule has 6 heteroatoms. The van der Waals surface area contributed by atoms with E-state index >= 15 is 0 Å². The van der Waals surface area contributed by atoms with Gasteiger partial charge in [0, 0.05) is 18.8 Å². The fraction of sp³-hybridized carbons (Fsp3) is 0.300. The molecule has 0 aliphatic carbocycles. The number of benzene rings is 2. The Morgan fingerprint density at radius 3 is 2.73 bits per heavy atom. The Morgan fingerprint density at radius 1 is 1.19 bits per heavy atom. The number of carbonyl (C=O) groups excluding carboxylic acids is 2. The summed E-state index contributed by atoms with van der Waals surface area (Å²) in [7, 11) is 0. The zero-order valence-corrected chi connectivity index (χ0v) is 14.8. The summed E-state index contributed by atoms with van der Waals surface area (Å²) in [6.07, 6.45) is -0.295. The van der Waals surface area contributed by atoms with Crippen LogP contribution in [-0.2, 0) is 11.3 Å². The van der Waals surface area contributed by atoms with E-state index in [1.165, 1.54) is 5.56 Å². The van der Waals surface area contributed by atoms with E-state index in [0.717, 1.165) is 5.56 Å². The highest BCUT2D eigenvalue weighted by Crippen LogP contribution is 2.16. The smallest absolute Gasteiger partial charge is 0.410 e. The Morgan fingerprint density at radius 2 is 2.00 bits per heavy atom. The molecule has 1 fully saturated rings. The van der Waals surface area contributed by atoms with Crippen molar-refractivity contribution in [1.29, 1.82) is 0 Å². The number of hydrogen-bond acceptors (Lipinski definition) is 3. The molecule has 0 spiro atoms. The van der Waals surface area contributed by atoms with Crippen LogP contribution in [0.4, 0.5) is 15.3 Å². The highest BCUT2D eigenvalue weighted by atomic mass is 16.6. The number of cyclic esters (lactones) is 1. The number of urea groups is 1. The van der Waals surface area contributed by atoms with Gasteiger partial charge >= 0.3 is 12.1 Å². The Labute approximate surface area is 153 Å². The molecule has 0 radical (unpaired) electrons. The first-order chi connectivity index (χ1) is 12.6. The molecule has 0 aromatic heterocycles. The summed E-state index contributed by atoms with van der Waals surface area (Å²) in [5, 5.41) is 5.73. The molecular weight excluding hydrogens is 330 g/mol. The number of nitrogens with one attached hydrogen (secondary N) is 2. The molecule has 3 amide bonds. The van der Waals surface area contributed by atoms with E-state index in [-0.39, 0.29) is 18.0 Å². The molecule has 136 valence electrons. The van der Waals surface area contributed by atoms with Gasteiger partial charge in [0.2, 0.25) is 0 Å². The molecule has 1 aliphatic rings. The maximum Gasteiger partial charge on any atom is 0.410 e. The van der Waals surface area contributed by atoms with Gasteiger partial charge in [0.1, 0.15) is 6.61 Å². The summed E-state index contributed by atoms with van der Waals surface area (Å²) in [5.74, 6) is 0.231. The lowest BCUT2D eigenvalue weighted by Gasteiger charge is -2.15. The molecule has 0 bridgehead atoms. The third-order valence-corrected chi connectivity index (χ3v) is 4.34. The van der Waals surface area contributed by atoms with Gasteiger partial charge < -0.3 is 20.3 Å². The summed E-state index contributed by atoms with van der Waals surface area (Å²) >= 11 is 0. The average molecular weight is 353 g/mol. The second kappa shape index (κ2) is 8.38. The summed E-state index contributed by atoms with van der Waals surface area (Å²) in [5.41, 5.74) is 2.83. The van der Waals surface area contributed by atoms with Crippen LogP contribution in [0.1, 0.15) is 24.0 Å². The van der Waals surface area contributed by atoms with Crippen LogP contribution >= 0.6 is 0 Å². The number of amides is 3. The first kappa shape index (κ1) is 17.8. The van der Waals surface area contributed by atoms with E-state index in [0.29, 0.717) is 31.9 Å². The first-order valence-electron chi connectivity index (χ1n) is 8.72.